The Labute approximate surface area is 187 Å². The summed E-state index contributed by atoms with van der Waals surface area (Å²) >= 11 is 8.74. The van der Waals surface area contributed by atoms with Gasteiger partial charge in [-0.3, -0.25) is 4.79 Å². The van der Waals surface area contributed by atoms with Crippen LogP contribution in [-0.2, 0) is 11.8 Å². The highest BCUT2D eigenvalue weighted by Gasteiger charge is 2.15. The molecule has 1 N–H and O–H groups in total. The third-order valence-corrected chi connectivity index (χ3v) is 6.52. The highest BCUT2D eigenvalue weighted by molar-refractivity contribution is 7.99. The van der Waals surface area contributed by atoms with E-state index in [0.717, 1.165) is 27.5 Å². The van der Waals surface area contributed by atoms with E-state index in [-0.39, 0.29) is 11.7 Å². The van der Waals surface area contributed by atoms with Crippen molar-refractivity contribution in [2.75, 3.05) is 11.1 Å². The molecule has 30 heavy (non-hydrogen) atoms. The molecule has 152 valence electrons. The van der Waals surface area contributed by atoms with E-state index in [1.165, 1.54) is 23.1 Å². The second-order valence-electron chi connectivity index (χ2n) is 6.50. The summed E-state index contributed by atoms with van der Waals surface area (Å²) in [5.41, 5.74) is 2.84. The second kappa shape index (κ2) is 8.99. The number of hydrogen-bond donors (Lipinski definition) is 1. The summed E-state index contributed by atoms with van der Waals surface area (Å²) < 4.78 is 1.86. The Morgan fingerprint density at radius 1 is 1.10 bits per heavy atom. The summed E-state index contributed by atoms with van der Waals surface area (Å²) in [6.07, 6.45) is 0. The number of benzene rings is 2. The Morgan fingerprint density at radius 3 is 2.57 bits per heavy atom. The molecule has 0 aliphatic carbocycles. The van der Waals surface area contributed by atoms with Gasteiger partial charge in [0.2, 0.25) is 5.91 Å². The molecular formula is C21H18ClN5OS2. The monoisotopic (exact) mass is 455 g/mol. The molecule has 4 aromatic rings. The largest absolute Gasteiger partial charge is 0.305 e. The molecule has 0 unspecified atom stereocenters. The van der Waals surface area contributed by atoms with Gasteiger partial charge in [-0.2, -0.15) is 0 Å². The number of thioether (sulfide) groups is 1. The maximum absolute atomic E-state index is 12.4. The first-order chi connectivity index (χ1) is 14.5. The molecule has 0 fully saturated rings. The second-order valence-corrected chi connectivity index (χ2v) is 9.08. The first-order valence-corrected chi connectivity index (χ1v) is 11.3. The molecule has 4 rings (SSSR count). The standard InChI is InChI=1S/C21H18ClN5OS2/c1-13-18(14-6-4-3-5-7-14)24-20(30-13)23-17(28)12-29-21-26-25-19(27(21)2)15-8-10-16(22)11-9-15/h3-11H,12H2,1-2H3,(H,23,24,28). The number of halogens is 1. The van der Waals surface area contributed by atoms with Gasteiger partial charge in [0.25, 0.3) is 0 Å². The molecule has 0 aliphatic heterocycles. The normalized spacial score (nSPS) is 10.9. The number of nitrogens with one attached hydrogen (secondary N) is 1. The van der Waals surface area contributed by atoms with Crippen molar-refractivity contribution in [3.8, 4) is 22.6 Å². The minimum Gasteiger partial charge on any atom is -0.305 e. The van der Waals surface area contributed by atoms with E-state index in [4.69, 9.17) is 11.6 Å². The Balaban J connectivity index is 1.40. The zero-order chi connectivity index (χ0) is 21.1. The lowest BCUT2D eigenvalue weighted by atomic mass is 10.1. The van der Waals surface area contributed by atoms with E-state index < -0.39 is 0 Å². The number of thiazole rings is 1. The lowest BCUT2D eigenvalue weighted by molar-refractivity contribution is -0.113. The molecule has 0 atom stereocenters. The van der Waals surface area contributed by atoms with Crippen molar-refractivity contribution < 1.29 is 4.79 Å². The van der Waals surface area contributed by atoms with Crippen molar-refractivity contribution in [2.24, 2.45) is 7.05 Å². The molecule has 0 radical (unpaired) electrons. The van der Waals surface area contributed by atoms with Crippen molar-refractivity contribution in [1.82, 2.24) is 19.7 Å². The van der Waals surface area contributed by atoms with Crippen LogP contribution in [0.1, 0.15) is 4.88 Å². The average Bonchev–Trinajstić information content (AvgIpc) is 3.30. The lowest BCUT2D eigenvalue weighted by Gasteiger charge is -2.04. The quantitative estimate of drug-likeness (QED) is 0.399. The van der Waals surface area contributed by atoms with E-state index in [0.29, 0.717) is 15.3 Å². The van der Waals surface area contributed by atoms with Crippen LogP contribution in [0.4, 0.5) is 5.13 Å². The van der Waals surface area contributed by atoms with Gasteiger partial charge in [-0.15, -0.1) is 21.5 Å². The van der Waals surface area contributed by atoms with Gasteiger partial charge in [0.15, 0.2) is 16.1 Å². The van der Waals surface area contributed by atoms with Gasteiger partial charge >= 0.3 is 0 Å². The molecule has 0 saturated heterocycles. The summed E-state index contributed by atoms with van der Waals surface area (Å²) in [5, 5.41) is 13.2. The number of amides is 1. The molecule has 2 aromatic carbocycles. The third kappa shape index (κ3) is 4.56. The number of carbonyl (C=O) groups excluding carboxylic acids is 1. The van der Waals surface area contributed by atoms with Crippen LogP contribution in [0.3, 0.4) is 0 Å². The zero-order valence-electron chi connectivity index (χ0n) is 16.3. The number of nitrogens with zero attached hydrogens (tertiary/aromatic N) is 4. The number of aromatic nitrogens is 4. The number of rotatable bonds is 6. The Morgan fingerprint density at radius 2 is 1.83 bits per heavy atom. The topological polar surface area (TPSA) is 72.7 Å². The van der Waals surface area contributed by atoms with Crippen LogP contribution in [-0.4, -0.2) is 31.4 Å². The van der Waals surface area contributed by atoms with Gasteiger partial charge in [0, 0.05) is 28.1 Å². The molecule has 6 nitrogen and oxygen atoms in total. The highest BCUT2D eigenvalue weighted by atomic mass is 35.5. The van der Waals surface area contributed by atoms with E-state index in [1.54, 1.807) is 0 Å². The van der Waals surface area contributed by atoms with E-state index in [1.807, 2.05) is 73.1 Å². The molecular weight excluding hydrogens is 438 g/mol. The van der Waals surface area contributed by atoms with Gasteiger partial charge in [-0.25, -0.2) is 4.98 Å². The van der Waals surface area contributed by atoms with Crippen LogP contribution in [0.25, 0.3) is 22.6 Å². The van der Waals surface area contributed by atoms with Crippen molar-refractivity contribution in [2.45, 2.75) is 12.1 Å². The minimum absolute atomic E-state index is 0.135. The fourth-order valence-electron chi connectivity index (χ4n) is 2.89. The van der Waals surface area contributed by atoms with E-state index in [2.05, 4.69) is 20.5 Å². The molecule has 0 bridgehead atoms. The summed E-state index contributed by atoms with van der Waals surface area (Å²) in [6.45, 7) is 2.00. The maximum Gasteiger partial charge on any atom is 0.236 e. The molecule has 2 heterocycles. The van der Waals surface area contributed by atoms with Crippen LogP contribution in [0.2, 0.25) is 5.02 Å². The zero-order valence-corrected chi connectivity index (χ0v) is 18.7. The Bertz CT molecular complexity index is 1170. The van der Waals surface area contributed by atoms with Crippen LogP contribution in [0.5, 0.6) is 0 Å². The molecule has 9 heteroatoms. The predicted octanol–water partition coefficient (Wildman–Crippen LogP) is 5.30. The highest BCUT2D eigenvalue weighted by Crippen LogP contribution is 2.30. The van der Waals surface area contributed by atoms with E-state index >= 15 is 0 Å². The first kappa shape index (κ1) is 20.6. The lowest BCUT2D eigenvalue weighted by Crippen LogP contribution is -2.14. The summed E-state index contributed by atoms with van der Waals surface area (Å²) in [5.74, 6) is 0.799. The Kier molecular flexibility index (Phi) is 6.17. The molecule has 0 spiro atoms. The number of aryl methyl sites for hydroxylation is 1. The van der Waals surface area contributed by atoms with Crippen LogP contribution in [0, 0.1) is 6.92 Å². The minimum atomic E-state index is -0.135. The average molecular weight is 456 g/mol. The number of carbonyl (C=O) groups is 1. The SMILES string of the molecule is Cc1sc(NC(=O)CSc2nnc(-c3ccc(Cl)cc3)n2C)nc1-c1ccccc1. The van der Waals surface area contributed by atoms with Gasteiger partial charge in [0.1, 0.15) is 0 Å². The molecule has 0 aliphatic rings. The van der Waals surface area contributed by atoms with Crippen LogP contribution >= 0.6 is 34.7 Å². The Hall–Kier alpha value is -2.68. The van der Waals surface area contributed by atoms with Crippen molar-refractivity contribution >= 4 is 45.7 Å². The fourth-order valence-corrected chi connectivity index (χ4v) is 4.58. The fraction of sp³-hybridized carbons (Fsp3) is 0.143. The molecule has 0 saturated carbocycles. The van der Waals surface area contributed by atoms with Crippen molar-refractivity contribution in [3.63, 3.8) is 0 Å². The number of hydrogen-bond acceptors (Lipinski definition) is 6. The van der Waals surface area contributed by atoms with E-state index in [9.17, 15) is 4.79 Å². The van der Waals surface area contributed by atoms with Gasteiger partial charge in [-0.1, -0.05) is 53.7 Å². The smallest absolute Gasteiger partial charge is 0.236 e. The van der Waals surface area contributed by atoms with Gasteiger partial charge in [0.05, 0.1) is 11.4 Å². The molecule has 1 amide bonds. The number of anilines is 1. The third-order valence-electron chi connectivity index (χ3n) is 4.36. The van der Waals surface area contributed by atoms with Gasteiger partial charge < -0.3 is 9.88 Å². The van der Waals surface area contributed by atoms with Crippen molar-refractivity contribution in [1.29, 1.82) is 0 Å². The maximum atomic E-state index is 12.4. The summed E-state index contributed by atoms with van der Waals surface area (Å²) in [4.78, 5) is 18.1. The summed E-state index contributed by atoms with van der Waals surface area (Å²) in [6, 6.07) is 17.3. The predicted molar refractivity (Wildman–Crippen MR) is 123 cm³/mol. The van der Waals surface area contributed by atoms with Crippen LogP contribution in [0.15, 0.2) is 59.8 Å². The first-order valence-electron chi connectivity index (χ1n) is 9.12. The van der Waals surface area contributed by atoms with Crippen molar-refractivity contribution in [3.05, 3.63) is 64.5 Å². The van der Waals surface area contributed by atoms with Crippen LogP contribution < -0.4 is 5.32 Å². The van der Waals surface area contributed by atoms with Gasteiger partial charge in [-0.05, 0) is 31.2 Å². The molecule has 2 aromatic heterocycles. The summed E-state index contributed by atoms with van der Waals surface area (Å²) in [7, 11) is 1.88.